The van der Waals surface area contributed by atoms with E-state index in [1.165, 1.54) is 34.4 Å². The number of nitrogens with zero attached hydrogens (tertiary/aromatic N) is 2. The zero-order chi connectivity index (χ0) is 16.1. The molecule has 0 saturated carbocycles. The van der Waals surface area contributed by atoms with Gasteiger partial charge in [0.2, 0.25) is 5.91 Å². The highest BCUT2D eigenvalue weighted by Crippen LogP contribution is 2.22. The summed E-state index contributed by atoms with van der Waals surface area (Å²) in [6, 6.07) is 13.9. The summed E-state index contributed by atoms with van der Waals surface area (Å²) >= 11 is 1.47. The molecule has 0 saturated heterocycles. The van der Waals surface area contributed by atoms with Crippen LogP contribution >= 0.6 is 11.8 Å². The first-order valence-corrected chi connectivity index (χ1v) is 7.66. The van der Waals surface area contributed by atoms with Crippen LogP contribution in [0.2, 0.25) is 0 Å². The van der Waals surface area contributed by atoms with Gasteiger partial charge in [-0.1, -0.05) is 17.7 Å². The Morgan fingerprint density at radius 2 is 1.73 bits per heavy atom. The Morgan fingerprint density at radius 1 is 1.14 bits per heavy atom. The third-order valence-corrected chi connectivity index (χ3v) is 4.20. The topological polar surface area (TPSA) is 63.5 Å². The van der Waals surface area contributed by atoms with Gasteiger partial charge in [-0.3, -0.25) is 14.9 Å². The van der Waals surface area contributed by atoms with Crippen LogP contribution in [-0.2, 0) is 4.79 Å². The van der Waals surface area contributed by atoms with Crippen LogP contribution in [0.1, 0.15) is 5.56 Å². The second-order valence-corrected chi connectivity index (χ2v) is 5.88. The highest BCUT2D eigenvalue weighted by molar-refractivity contribution is 8.00. The predicted octanol–water partition coefficient (Wildman–Crippen LogP) is 3.66. The molecule has 0 bridgehead atoms. The van der Waals surface area contributed by atoms with Gasteiger partial charge in [-0.05, 0) is 31.2 Å². The number of nitro benzene ring substituents is 1. The molecular formula is C16H16N2O3S. The van der Waals surface area contributed by atoms with E-state index in [9.17, 15) is 14.9 Å². The van der Waals surface area contributed by atoms with Crippen molar-refractivity contribution in [3.05, 3.63) is 64.2 Å². The molecule has 0 radical (unpaired) electrons. The average Bonchev–Trinajstić information content (AvgIpc) is 2.53. The van der Waals surface area contributed by atoms with Crippen LogP contribution < -0.4 is 4.90 Å². The molecule has 114 valence electrons. The second kappa shape index (κ2) is 7.09. The van der Waals surface area contributed by atoms with Crippen LogP contribution in [0.3, 0.4) is 0 Å². The average molecular weight is 316 g/mol. The minimum Gasteiger partial charge on any atom is -0.315 e. The third-order valence-electron chi connectivity index (χ3n) is 3.21. The van der Waals surface area contributed by atoms with E-state index in [2.05, 4.69) is 0 Å². The maximum Gasteiger partial charge on any atom is 0.269 e. The molecule has 22 heavy (non-hydrogen) atoms. The normalized spacial score (nSPS) is 10.3. The minimum atomic E-state index is -0.459. The van der Waals surface area contributed by atoms with Crippen LogP contribution in [-0.4, -0.2) is 23.6 Å². The molecular weight excluding hydrogens is 300 g/mol. The van der Waals surface area contributed by atoms with Crippen molar-refractivity contribution in [2.24, 2.45) is 0 Å². The number of anilines is 1. The molecule has 1 amide bonds. The number of aryl methyl sites for hydroxylation is 1. The van der Waals surface area contributed by atoms with Crippen LogP contribution in [0, 0.1) is 17.0 Å². The van der Waals surface area contributed by atoms with Gasteiger partial charge in [0.1, 0.15) is 0 Å². The molecule has 0 aliphatic heterocycles. The minimum absolute atomic E-state index is 0.0126. The predicted molar refractivity (Wildman–Crippen MR) is 88.4 cm³/mol. The summed E-state index contributed by atoms with van der Waals surface area (Å²) < 4.78 is 0. The van der Waals surface area contributed by atoms with Crippen molar-refractivity contribution in [2.45, 2.75) is 11.8 Å². The summed E-state index contributed by atoms with van der Waals surface area (Å²) in [4.78, 5) is 24.9. The Labute approximate surface area is 133 Å². The molecule has 2 aromatic rings. The van der Waals surface area contributed by atoms with Gasteiger partial charge in [0, 0.05) is 29.8 Å². The van der Waals surface area contributed by atoms with Gasteiger partial charge < -0.3 is 4.90 Å². The molecule has 2 aromatic carbocycles. The van der Waals surface area contributed by atoms with Crippen LogP contribution in [0.15, 0.2) is 53.4 Å². The van der Waals surface area contributed by atoms with Crippen LogP contribution in [0.4, 0.5) is 11.4 Å². The molecule has 0 fully saturated rings. The molecule has 0 atom stereocenters. The lowest BCUT2D eigenvalue weighted by atomic mass is 10.2. The van der Waals surface area contributed by atoms with Gasteiger partial charge in [-0.2, -0.15) is 0 Å². The maximum absolute atomic E-state index is 12.2. The summed E-state index contributed by atoms with van der Waals surface area (Å²) in [5.41, 5.74) is 1.83. The van der Waals surface area contributed by atoms with Crippen molar-refractivity contribution in [1.29, 1.82) is 0 Å². The molecule has 0 aliphatic carbocycles. The van der Waals surface area contributed by atoms with E-state index in [1.807, 2.05) is 31.2 Å². The number of carbonyl (C=O) groups excluding carboxylic acids is 1. The highest BCUT2D eigenvalue weighted by atomic mass is 32.2. The van der Waals surface area contributed by atoms with Gasteiger partial charge in [0.15, 0.2) is 0 Å². The van der Waals surface area contributed by atoms with Crippen molar-refractivity contribution in [3.63, 3.8) is 0 Å². The third kappa shape index (κ3) is 4.08. The first-order valence-electron chi connectivity index (χ1n) is 6.68. The molecule has 0 spiro atoms. The first kappa shape index (κ1) is 16.0. The molecule has 0 aliphatic rings. The smallest absolute Gasteiger partial charge is 0.269 e. The molecule has 2 rings (SSSR count). The number of benzene rings is 2. The SMILES string of the molecule is Cc1ccc(SCC(=O)N(C)c2ccc([N+](=O)[O-])cc2)cc1. The van der Waals surface area contributed by atoms with Crippen molar-refractivity contribution >= 4 is 29.0 Å². The zero-order valence-corrected chi connectivity index (χ0v) is 13.2. The lowest BCUT2D eigenvalue weighted by molar-refractivity contribution is -0.384. The van der Waals surface area contributed by atoms with E-state index in [-0.39, 0.29) is 11.6 Å². The fourth-order valence-electron chi connectivity index (χ4n) is 1.82. The Bertz CT molecular complexity index is 669. The number of rotatable bonds is 5. The molecule has 0 unspecified atom stereocenters. The van der Waals surface area contributed by atoms with Gasteiger partial charge in [0.25, 0.3) is 5.69 Å². The van der Waals surface area contributed by atoms with Gasteiger partial charge in [-0.15, -0.1) is 11.8 Å². The van der Waals surface area contributed by atoms with Crippen LogP contribution in [0.5, 0.6) is 0 Å². The quantitative estimate of drug-likeness (QED) is 0.480. The number of thioether (sulfide) groups is 1. The molecule has 6 heteroatoms. The zero-order valence-electron chi connectivity index (χ0n) is 12.4. The number of carbonyl (C=O) groups is 1. The van der Waals surface area contributed by atoms with Crippen molar-refractivity contribution < 1.29 is 9.72 Å². The molecule has 0 N–H and O–H groups in total. The van der Waals surface area contributed by atoms with E-state index in [1.54, 1.807) is 19.2 Å². The molecule has 5 nitrogen and oxygen atoms in total. The summed E-state index contributed by atoms with van der Waals surface area (Å²) in [6.45, 7) is 2.02. The Kier molecular flexibility index (Phi) is 5.16. The monoisotopic (exact) mass is 316 g/mol. The van der Waals surface area contributed by atoms with Gasteiger partial charge in [-0.25, -0.2) is 0 Å². The molecule has 0 heterocycles. The highest BCUT2D eigenvalue weighted by Gasteiger charge is 2.13. The Balaban J connectivity index is 1.96. The van der Waals surface area contributed by atoms with Gasteiger partial charge >= 0.3 is 0 Å². The van der Waals surface area contributed by atoms with E-state index < -0.39 is 4.92 Å². The summed E-state index contributed by atoms with van der Waals surface area (Å²) in [7, 11) is 1.67. The lowest BCUT2D eigenvalue weighted by Crippen LogP contribution is -2.27. The number of non-ortho nitro benzene ring substituents is 1. The van der Waals surface area contributed by atoms with E-state index in [0.717, 1.165) is 4.90 Å². The standard InChI is InChI=1S/C16H16N2O3S/c1-12-3-9-15(10-4-12)22-11-16(19)17(2)13-5-7-14(8-6-13)18(20)21/h3-10H,11H2,1-2H3. The summed E-state index contributed by atoms with van der Waals surface area (Å²) in [5, 5.41) is 10.6. The lowest BCUT2D eigenvalue weighted by Gasteiger charge is -2.17. The van der Waals surface area contributed by atoms with Crippen LogP contribution in [0.25, 0.3) is 0 Å². The first-order chi connectivity index (χ1) is 10.5. The Hall–Kier alpha value is -2.34. The van der Waals surface area contributed by atoms with E-state index >= 15 is 0 Å². The van der Waals surface area contributed by atoms with Crippen molar-refractivity contribution in [3.8, 4) is 0 Å². The fourth-order valence-corrected chi connectivity index (χ4v) is 2.63. The van der Waals surface area contributed by atoms with E-state index in [0.29, 0.717) is 11.4 Å². The van der Waals surface area contributed by atoms with Crippen molar-refractivity contribution in [1.82, 2.24) is 0 Å². The number of hydrogen-bond donors (Lipinski definition) is 0. The fraction of sp³-hybridized carbons (Fsp3) is 0.188. The van der Waals surface area contributed by atoms with Gasteiger partial charge in [0.05, 0.1) is 10.7 Å². The Morgan fingerprint density at radius 3 is 2.27 bits per heavy atom. The number of hydrogen-bond acceptors (Lipinski definition) is 4. The maximum atomic E-state index is 12.2. The number of nitro groups is 1. The summed E-state index contributed by atoms with van der Waals surface area (Å²) in [5.74, 6) is 0.260. The molecule has 0 aromatic heterocycles. The number of amides is 1. The van der Waals surface area contributed by atoms with Crippen molar-refractivity contribution in [2.75, 3.05) is 17.7 Å². The summed E-state index contributed by atoms with van der Waals surface area (Å²) in [6.07, 6.45) is 0. The second-order valence-electron chi connectivity index (χ2n) is 4.83. The largest absolute Gasteiger partial charge is 0.315 e. The van der Waals surface area contributed by atoms with E-state index in [4.69, 9.17) is 0 Å².